The Bertz CT molecular complexity index is 2100. The van der Waals surface area contributed by atoms with Crippen LogP contribution in [0, 0.1) is 11.8 Å². The molecule has 5 N–H and O–H groups in total. The minimum absolute atomic E-state index is 0.0646. The topological polar surface area (TPSA) is 122 Å². The molecule has 0 unspecified atom stereocenters. The smallest absolute Gasteiger partial charge is 0.166 e. The summed E-state index contributed by atoms with van der Waals surface area (Å²) in [6, 6.07) is 7.39. The van der Waals surface area contributed by atoms with E-state index >= 15 is 0 Å². The summed E-state index contributed by atoms with van der Waals surface area (Å²) in [6.07, 6.45) is 11.4. The maximum Gasteiger partial charge on any atom is 0.166 e. The van der Waals surface area contributed by atoms with Crippen LogP contribution in [0.3, 0.4) is 0 Å². The summed E-state index contributed by atoms with van der Waals surface area (Å²) in [5, 5.41) is 49.3. The molecule has 5 heterocycles. The molecule has 6 aliphatic carbocycles. The minimum Gasteiger partial charge on any atom is -0.504 e. The normalized spacial score (nSPS) is 40.7. The standard InChI is InChI=1S/C40H41N3O6/c44-25-7-5-21-13-27-39(46)15-23-24-16-40(47)28-14-22-6-8-26(45)34-30(22)38(40,10-12-43(28)18-20-3-4-20)36(49-34)32(24)41-31(23)35-37(39,29(21)33(25)48-35)9-11-42(27)17-19-1-2-19/h5-9,11,19-20,27-28,35-36,41,44-47H,1-4,10,12-18H2/t27-,28-,35+,36+,37+,38+,39-,40-/m1/s1. The lowest BCUT2D eigenvalue weighted by atomic mass is 9.48. The highest BCUT2D eigenvalue weighted by atomic mass is 16.5. The molecule has 2 aromatic carbocycles. The molecule has 8 atom stereocenters. The van der Waals surface area contributed by atoms with Crippen LogP contribution in [0.15, 0.2) is 36.5 Å². The first-order valence-electron chi connectivity index (χ1n) is 18.7. The van der Waals surface area contributed by atoms with Crippen LogP contribution < -0.4 is 9.47 Å². The van der Waals surface area contributed by atoms with E-state index in [4.69, 9.17) is 9.47 Å². The van der Waals surface area contributed by atoms with E-state index in [-0.39, 0.29) is 23.6 Å². The number of ether oxygens (including phenoxy) is 2. The molecule has 0 radical (unpaired) electrons. The molecular weight excluding hydrogens is 618 g/mol. The Morgan fingerprint density at radius 3 is 2.14 bits per heavy atom. The van der Waals surface area contributed by atoms with Crippen molar-refractivity contribution in [3.63, 3.8) is 0 Å². The van der Waals surface area contributed by atoms with E-state index in [1.165, 1.54) is 31.2 Å². The summed E-state index contributed by atoms with van der Waals surface area (Å²) >= 11 is 0. The number of benzene rings is 2. The van der Waals surface area contributed by atoms with Crippen molar-refractivity contribution in [3.05, 3.63) is 81.3 Å². The minimum atomic E-state index is -1.18. The quantitative estimate of drug-likeness (QED) is 0.286. The Kier molecular flexibility index (Phi) is 4.49. The second-order valence-corrected chi connectivity index (χ2v) is 17.4. The Labute approximate surface area is 284 Å². The number of nitrogens with one attached hydrogen (secondary N) is 1. The van der Waals surface area contributed by atoms with Crippen molar-refractivity contribution in [3.8, 4) is 23.0 Å². The van der Waals surface area contributed by atoms with Gasteiger partial charge in [0.1, 0.15) is 5.60 Å². The number of aromatic amines is 1. The molecule has 4 bridgehead atoms. The van der Waals surface area contributed by atoms with E-state index in [2.05, 4.69) is 33.1 Å². The zero-order valence-electron chi connectivity index (χ0n) is 27.4. The molecular formula is C40H41N3O6. The van der Waals surface area contributed by atoms with Crippen LogP contribution in [-0.4, -0.2) is 78.1 Å². The van der Waals surface area contributed by atoms with Crippen LogP contribution in [0.2, 0.25) is 0 Å². The maximum absolute atomic E-state index is 13.5. The summed E-state index contributed by atoms with van der Waals surface area (Å²) in [6.45, 7) is 2.84. The van der Waals surface area contributed by atoms with Gasteiger partial charge in [0.15, 0.2) is 35.2 Å². The predicted octanol–water partition coefficient (Wildman–Crippen LogP) is 3.95. The SMILES string of the molecule is Oc1ccc2c3c1O[C@H]1c4[nH]c5c(c4C[C@@]4(O)[C@@H](C2)N(CC2CC2)C=C[C@]314)C[C@@]1(O)[C@H]2Cc3ccc(O)c4c3[C@@]1(CCN2CC1CC1)[C@H]5O4. The highest BCUT2D eigenvalue weighted by Gasteiger charge is 2.76. The van der Waals surface area contributed by atoms with Crippen LogP contribution in [0.4, 0.5) is 0 Å². The molecule has 0 amide bonds. The van der Waals surface area contributed by atoms with Crippen LogP contribution in [0.25, 0.3) is 0 Å². The third-order valence-electron chi connectivity index (χ3n) is 15.3. The molecule has 10 aliphatic rings. The van der Waals surface area contributed by atoms with Gasteiger partial charge in [0.2, 0.25) is 0 Å². The zero-order valence-corrected chi connectivity index (χ0v) is 27.4. The van der Waals surface area contributed by atoms with E-state index in [0.29, 0.717) is 42.6 Å². The van der Waals surface area contributed by atoms with Gasteiger partial charge in [-0.05, 0) is 104 Å². The Morgan fingerprint density at radius 1 is 0.755 bits per heavy atom. The number of likely N-dealkylation sites (tertiary alicyclic amines) is 1. The Balaban J connectivity index is 1.04. The van der Waals surface area contributed by atoms with E-state index in [9.17, 15) is 20.4 Å². The molecule has 2 saturated carbocycles. The highest BCUT2D eigenvalue weighted by Crippen LogP contribution is 2.72. The largest absolute Gasteiger partial charge is 0.504 e. The van der Waals surface area contributed by atoms with Crippen molar-refractivity contribution in [1.29, 1.82) is 0 Å². The van der Waals surface area contributed by atoms with Crippen molar-refractivity contribution in [2.24, 2.45) is 11.8 Å². The molecule has 2 spiro atoms. The second-order valence-electron chi connectivity index (χ2n) is 17.4. The molecule has 3 fully saturated rings. The lowest BCUT2D eigenvalue weighted by Gasteiger charge is -2.63. The Morgan fingerprint density at radius 2 is 1.39 bits per heavy atom. The monoisotopic (exact) mass is 659 g/mol. The number of hydrogen-bond acceptors (Lipinski definition) is 8. The van der Waals surface area contributed by atoms with Crippen LogP contribution in [-0.2, 0) is 36.5 Å². The lowest BCUT2D eigenvalue weighted by molar-refractivity contribution is -0.173. The number of H-pyrrole nitrogens is 1. The fraction of sp³-hybridized carbons (Fsp3) is 0.550. The molecule has 3 aromatic rings. The van der Waals surface area contributed by atoms with Gasteiger partial charge in [0.05, 0.1) is 33.9 Å². The summed E-state index contributed by atoms with van der Waals surface area (Å²) < 4.78 is 13.8. The van der Waals surface area contributed by atoms with Gasteiger partial charge in [0, 0.05) is 43.1 Å². The summed E-state index contributed by atoms with van der Waals surface area (Å²) in [7, 11) is 0. The van der Waals surface area contributed by atoms with E-state index in [1.54, 1.807) is 12.1 Å². The number of fused-ring (bicyclic) bond motifs is 5. The number of phenolic OH excluding ortho intramolecular Hbond substituents is 2. The van der Waals surface area contributed by atoms with Gasteiger partial charge in [-0.25, -0.2) is 0 Å². The van der Waals surface area contributed by atoms with Crippen molar-refractivity contribution in [2.75, 3.05) is 19.6 Å². The number of piperidine rings is 1. The second kappa shape index (κ2) is 8.11. The number of hydrogen-bond donors (Lipinski definition) is 5. The first kappa shape index (κ1) is 27.1. The fourth-order valence-electron chi connectivity index (χ4n) is 12.8. The van der Waals surface area contributed by atoms with Crippen molar-refractivity contribution >= 4 is 0 Å². The number of phenols is 2. The van der Waals surface area contributed by atoms with E-state index in [1.807, 2.05) is 6.07 Å². The number of nitrogens with zero attached hydrogens (tertiary/aromatic N) is 2. The Hall–Kier alpha value is -3.66. The van der Waals surface area contributed by atoms with Gasteiger partial charge in [-0.2, -0.15) is 0 Å². The third-order valence-corrected chi connectivity index (χ3v) is 15.3. The molecule has 1 aromatic heterocycles. The molecule has 13 rings (SSSR count). The number of aromatic nitrogens is 1. The molecule has 4 aliphatic heterocycles. The average molecular weight is 660 g/mol. The molecule has 9 heteroatoms. The van der Waals surface area contributed by atoms with Gasteiger partial charge < -0.3 is 39.8 Å². The molecule has 49 heavy (non-hydrogen) atoms. The highest BCUT2D eigenvalue weighted by molar-refractivity contribution is 5.70. The number of aliphatic hydroxyl groups is 2. The van der Waals surface area contributed by atoms with Crippen LogP contribution >= 0.6 is 0 Å². The van der Waals surface area contributed by atoms with Crippen molar-refractivity contribution in [1.82, 2.24) is 14.8 Å². The summed E-state index contributed by atoms with van der Waals surface area (Å²) in [5.41, 5.74) is 4.34. The van der Waals surface area contributed by atoms with Crippen molar-refractivity contribution in [2.45, 2.75) is 104 Å². The van der Waals surface area contributed by atoms with Crippen LogP contribution in [0.5, 0.6) is 23.0 Å². The van der Waals surface area contributed by atoms with Gasteiger partial charge >= 0.3 is 0 Å². The van der Waals surface area contributed by atoms with E-state index < -0.39 is 34.2 Å². The average Bonchev–Trinajstić information content (AvgIpc) is 3.98. The number of rotatable bonds is 4. The van der Waals surface area contributed by atoms with Gasteiger partial charge in [-0.1, -0.05) is 18.2 Å². The first-order valence-corrected chi connectivity index (χ1v) is 18.7. The first-order chi connectivity index (χ1) is 23.7. The maximum atomic E-state index is 13.5. The van der Waals surface area contributed by atoms with E-state index in [0.717, 1.165) is 71.7 Å². The van der Waals surface area contributed by atoms with Gasteiger partial charge in [0.25, 0.3) is 0 Å². The third kappa shape index (κ3) is 2.80. The molecule has 9 nitrogen and oxygen atoms in total. The van der Waals surface area contributed by atoms with Crippen LogP contribution in [0.1, 0.15) is 89.1 Å². The molecule has 252 valence electrons. The predicted molar refractivity (Wildman–Crippen MR) is 177 cm³/mol. The zero-order chi connectivity index (χ0) is 32.4. The molecule has 1 saturated heterocycles. The van der Waals surface area contributed by atoms with Gasteiger partial charge in [-0.15, -0.1) is 0 Å². The summed E-state index contributed by atoms with van der Waals surface area (Å²) in [4.78, 5) is 8.83. The van der Waals surface area contributed by atoms with Gasteiger partial charge in [-0.3, -0.25) is 4.90 Å². The number of aromatic hydroxyl groups is 2. The summed E-state index contributed by atoms with van der Waals surface area (Å²) in [5.74, 6) is 2.61. The lowest BCUT2D eigenvalue weighted by Crippen LogP contribution is -2.74. The van der Waals surface area contributed by atoms with Crippen molar-refractivity contribution < 1.29 is 29.9 Å². The fourth-order valence-corrected chi connectivity index (χ4v) is 12.8.